The quantitative estimate of drug-likeness (QED) is 0.749. The van der Waals surface area contributed by atoms with E-state index in [1.54, 1.807) is 0 Å². The van der Waals surface area contributed by atoms with Gasteiger partial charge in [0.15, 0.2) is 0 Å². The summed E-state index contributed by atoms with van der Waals surface area (Å²) >= 11 is 0. The van der Waals surface area contributed by atoms with Crippen LogP contribution in [0.1, 0.15) is 56.9 Å². The van der Waals surface area contributed by atoms with E-state index in [2.05, 4.69) is 19.1 Å². The average Bonchev–Trinajstić information content (AvgIpc) is 2.32. The largest absolute Gasteiger partial charge is 0.399 e. The first-order valence-electron chi connectivity index (χ1n) is 6.65. The standard InChI is InChI=1S/C15H23N/c1-2-3-12-4-6-13(7-5-12)14-8-10-15(16)11-9-14/h8-13H,2-7,16H2,1H3. The van der Waals surface area contributed by atoms with Gasteiger partial charge < -0.3 is 5.73 Å². The van der Waals surface area contributed by atoms with Crippen molar-refractivity contribution in [3.63, 3.8) is 0 Å². The Kier molecular flexibility index (Phi) is 3.87. The molecule has 0 heterocycles. The summed E-state index contributed by atoms with van der Waals surface area (Å²) in [6.45, 7) is 2.30. The fourth-order valence-corrected chi connectivity index (χ4v) is 2.96. The van der Waals surface area contributed by atoms with E-state index in [0.717, 1.165) is 17.5 Å². The number of nitrogens with two attached hydrogens (primary N) is 1. The third-order valence-electron chi connectivity index (χ3n) is 3.95. The van der Waals surface area contributed by atoms with E-state index >= 15 is 0 Å². The van der Waals surface area contributed by atoms with E-state index < -0.39 is 0 Å². The second-order valence-electron chi connectivity index (χ2n) is 5.17. The zero-order chi connectivity index (χ0) is 11.4. The molecular formula is C15H23N. The van der Waals surface area contributed by atoms with E-state index in [-0.39, 0.29) is 0 Å². The Balaban J connectivity index is 1.91. The number of hydrogen-bond acceptors (Lipinski definition) is 1. The maximum Gasteiger partial charge on any atom is 0.0314 e. The third kappa shape index (κ3) is 2.78. The molecule has 1 fully saturated rings. The van der Waals surface area contributed by atoms with Gasteiger partial charge in [-0.15, -0.1) is 0 Å². The van der Waals surface area contributed by atoms with Crippen LogP contribution >= 0.6 is 0 Å². The van der Waals surface area contributed by atoms with Crippen molar-refractivity contribution in [1.29, 1.82) is 0 Å². The number of benzene rings is 1. The van der Waals surface area contributed by atoms with Crippen molar-refractivity contribution in [3.8, 4) is 0 Å². The molecule has 0 amide bonds. The van der Waals surface area contributed by atoms with Crippen LogP contribution in [0.25, 0.3) is 0 Å². The molecule has 0 aliphatic heterocycles. The van der Waals surface area contributed by atoms with Crippen molar-refractivity contribution in [1.82, 2.24) is 0 Å². The first-order chi connectivity index (χ1) is 7.79. The van der Waals surface area contributed by atoms with Gasteiger partial charge in [-0.05, 0) is 55.2 Å². The van der Waals surface area contributed by atoms with Crippen LogP contribution < -0.4 is 5.73 Å². The van der Waals surface area contributed by atoms with Crippen LogP contribution in [-0.4, -0.2) is 0 Å². The second-order valence-corrected chi connectivity index (χ2v) is 5.17. The van der Waals surface area contributed by atoms with E-state index in [9.17, 15) is 0 Å². The van der Waals surface area contributed by atoms with E-state index in [0.29, 0.717) is 0 Å². The summed E-state index contributed by atoms with van der Waals surface area (Å²) in [7, 11) is 0. The Hall–Kier alpha value is -0.980. The predicted octanol–water partition coefficient (Wildman–Crippen LogP) is 4.34. The smallest absolute Gasteiger partial charge is 0.0314 e. The topological polar surface area (TPSA) is 26.0 Å². The molecule has 2 N–H and O–H groups in total. The molecule has 16 heavy (non-hydrogen) atoms. The summed E-state index contributed by atoms with van der Waals surface area (Å²) in [5, 5.41) is 0. The van der Waals surface area contributed by atoms with Crippen LogP contribution in [0.3, 0.4) is 0 Å². The van der Waals surface area contributed by atoms with Crippen molar-refractivity contribution in [3.05, 3.63) is 29.8 Å². The SMILES string of the molecule is CCCC1CCC(c2ccc(N)cc2)CC1. The van der Waals surface area contributed by atoms with Crippen molar-refractivity contribution in [2.75, 3.05) is 5.73 Å². The molecule has 0 unspecified atom stereocenters. The maximum absolute atomic E-state index is 5.72. The number of nitrogen functional groups attached to an aromatic ring is 1. The third-order valence-corrected chi connectivity index (χ3v) is 3.95. The highest BCUT2D eigenvalue weighted by atomic mass is 14.5. The molecule has 2 rings (SSSR count). The predicted molar refractivity (Wildman–Crippen MR) is 70.5 cm³/mol. The zero-order valence-electron chi connectivity index (χ0n) is 10.3. The Morgan fingerprint density at radius 2 is 1.69 bits per heavy atom. The second kappa shape index (κ2) is 5.38. The molecule has 1 aromatic carbocycles. The molecule has 1 aliphatic rings. The molecule has 0 atom stereocenters. The highest BCUT2D eigenvalue weighted by Gasteiger charge is 2.21. The summed E-state index contributed by atoms with van der Waals surface area (Å²) < 4.78 is 0. The molecule has 1 nitrogen and oxygen atoms in total. The Morgan fingerprint density at radius 3 is 2.25 bits per heavy atom. The molecule has 0 aromatic heterocycles. The van der Waals surface area contributed by atoms with Crippen LogP contribution in [0.5, 0.6) is 0 Å². The molecule has 88 valence electrons. The Labute approximate surface area is 99.0 Å². The minimum absolute atomic E-state index is 0.786. The van der Waals surface area contributed by atoms with Crippen molar-refractivity contribution in [2.45, 2.75) is 51.4 Å². The molecule has 1 saturated carbocycles. The van der Waals surface area contributed by atoms with Crippen LogP contribution in [-0.2, 0) is 0 Å². The monoisotopic (exact) mass is 217 g/mol. The molecule has 1 heteroatoms. The van der Waals surface area contributed by atoms with Gasteiger partial charge in [-0.1, -0.05) is 31.9 Å². The lowest BCUT2D eigenvalue weighted by molar-refractivity contribution is 0.308. The molecule has 1 aromatic rings. The molecule has 0 saturated heterocycles. The summed E-state index contributed by atoms with van der Waals surface area (Å²) in [6.07, 6.45) is 8.35. The summed E-state index contributed by atoms with van der Waals surface area (Å²) in [6, 6.07) is 8.49. The van der Waals surface area contributed by atoms with Gasteiger partial charge in [0.2, 0.25) is 0 Å². The van der Waals surface area contributed by atoms with Crippen LogP contribution in [0.15, 0.2) is 24.3 Å². The number of rotatable bonds is 3. The minimum Gasteiger partial charge on any atom is -0.399 e. The van der Waals surface area contributed by atoms with Gasteiger partial charge in [-0.2, -0.15) is 0 Å². The molecule has 0 bridgehead atoms. The highest BCUT2D eigenvalue weighted by molar-refractivity contribution is 5.40. The molecular weight excluding hydrogens is 194 g/mol. The normalized spacial score (nSPS) is 25.6. The highest BCUT2D eigenvalue weighted by Crippen LogP contribution is 2.37. The Morgan fingerprint density at radius 1 is 1.06 bits per heavy atom. The van der Waals surface area contributed by atoms with Crippen LogP contribution in [0.2, 0.25) is 0 Å². The molecule has 0 spiro atoms. The molecule has 1 aliphatic carbocycles. The van der Waals surface area contributed by atoms with E-state index in [1.165, 1.54) is 44.1 Å². The fourth-order valence-electron chi connectivity index (χ4n) is 2.96. The Bertz CT molecular complexity index is 307. The average molecular weight is 217 g/mol. The first-order valence-corrected chi connectivity index (χ1v) is 6.65. The lowest BCUT2D eigenvalue weighted by atomic mass is 9.77. The van der Waals surface area contributed by atoms with Gasteiger partial charge in [0.1, 0.15) is 0 Å². The van der Waals surface area contributed by atoms with Crippen molar-refractivity contribution < 1.29 is 0 Å². The minimum atomic E-state index is 0.786. The van der Waals surface area contributed by atoms with Gasteiger partial charge in [-0.3, -0.25) is 0 Å². The van der Waals surface area contributed by atoms with Gasteiger partial charge in [0, 0.05) is 5.69 Å². The van der Waals surface area contributed by atoms with Gasteiger partial charge >= 0.3 is 0 Å². The van der Waals surface area contributed by atoms with Gasteiger partial charge in [0.25, 0.3) is 0 Å². The number of hydrogen-bond donors (Lipinski definition) is 1. The lowest BCUT2D eigenvalue weighted by Crippen LogP contribution is -2.13. The van der Waals surface area contributed by atoms with Gasteiger partial charge in [0.05, 0.1) is 0 Å². The van der Waals surface area contributed by atoms with Gasteiger partial charge in [-0.25, -0.2) is 0 Å². The van der Waals surface area contributed by atoms with E-state index in [1.807, 2.05) is 12.1 Å². The summed E-state index contributed by atoms with van der Waals surface area (Å²) in [4.78, 5) is 0. The van der Waals surface area contributed by atoms with E-state index in [4.69, 9.17) is 5.73 Å². The number of anilines is 1. The van der Waals surface area contributed by atoms with Crippen LogP contribution in [0.4, 0.5) is 5.69 Å². The fraction of sp³-hybridized carbons (Fsp3) is 0.600. The lowest BCUT2D eigenvalue weighted by Gasteiger charge is -2.28. The summed E-state index contributed by atoms with van der Waals surface area (Å²) in [5.74, 6) is 1.78. The maximum atomic E-state index is 5.72. The van der Waals surface area contributed by atoms with Crippen molar-refractivity contribution in [2.24, 2.45) is 5.92 Å². The van der Waals surface area contributed by atoms with Crippen LogP contribution in [0, 0.1) is 5.92 Å². The zero-order valence-corrected chi connectivity index (χ0v) is 10.3. The van der Waals surface area contributed by atoms with Crippen molar-refractivity contribution >= 4 is 5.69 Å². The summed E-state index contributed by atoms with van der Waals surface area (Å²) in [5.41, 5.74) is 8.09. The first kappa shape index (κ1) is 11.5. The molecule has 0 radical (unpaired) electrons.